The van der Waals surface area contributed by atoms with Crippen molar-refractivity contribution in [1.29, 1.82) is 0 Å². The van der Waals surface area contributed by atoms with Gasteiger partial charge in [-0.25, -0.2) is 9.59 Å². The quantitative estimate of drug-likeness (QED) is 0.0415. The smallest absolute Gasteiger partial charge is 0.339 e. The Morgan fingerprint density at radius 2 is 0.793 bits per heavy atom. The fourth-order valence-electron chi connectivity index (χ4n) is 6.97. The lowest BCUT2D eigenvalue weighted by atomic mass is 10.0. The molecule has 0 aliphatic carbocycles. The normalized spacial score (nSPS) is 15.2. The molecular weight excluding hydrogens is 731 g/mol. The Morgan fingerprint density at radius 1 is 0.483 bits per heavy atom. The first-order valence-electron chi connectivity index (χ1n) is 21.2. The Hall–Kier alpha value is -5.44. The summed E-state index contributed by atoms with van der Waals surface area (Å²) in [5.41, 5.74) is 4.00. The van der Waals surface area contributed by atoms with Crippen molar-refractivity contribution in [1.82, 2.24) is 4.90 Å². The number of amides is 2. The van der Waals surface area contributed by atoms with Crippen LogP contribution in [0.5, 0.6) is 11.5 Å². The zero-order chi connectivity index (χ0) is 41.3. The molecule has 4 aromatic carbocycles. The zero-order valence-corrected chi connectivity index (χ0v) is 34.6. The number of hydrogen-bond donors (Lipinski definition) is 0. The van der Waals surface area contributed by atoms with Gasteiger partial charge in [0.25, 0.3) is 11.8 Å². The van der Waals surface area contributed by atoms with E-state index < -0.39 is 42.0 Å². The minimum absolute atomic E-state index is 0.184. The molecule has 4 aromatic rings. The molecule has 1 aliphatic heterocycles. The Morgan fingerprint density at radius 3 is 1.12 bits per heavy atom. The van der Waals surface area contributed by atoms with Gasteiger partial charge in [-0.2, -0.15) is 0 Å². The van der Waals surface area contributed by atoms with Crippen molar-refractivity contribution in [2.45, 2.75) is 123 Å². The van der Waals surface area contributed by atoms with E-state index >= 15 is 0 Å². The van der Waals surface area contributed by atoms with Gasteiger partial charge in [0.15, 0.2) is 0 Å². The largest absolute Gasteiger partial charge is 0.494 e. The van der Waals surface area contributed by atoms with E-state index in [1.807, 2.05) is 48.5 Å². The molecule has 5 rings (SSSR count). The number of rotatable bonds is 23. The summed E-state index contributed by atoms with van der Waals surface area (Å²) >= 11 is 0. The summed E-state index contributed by atoms with van der Waals surface area (Å²) in [4.78, 5) is 54.5. The summed E-state index contributed by atoms with van der Waals surface area (Å²) in [6.07, 6.45) is 11.2. The number of esters is 2. The Kier molecular flexibility index (Phi) is 16.9. The van der Waals surface area contributed by atoms with Gasteiger partial charge in [-0.1, -0.05) is 127 Å². The Bertz CT molecular complexity index is 1770. The molecule has 1 heterocycles. The second-order valence-corrected chi connectivity index (χ2v) is 15.2. The number of carbonyl (C=O) groups excluding carboxylic acids is 4. The van der Waals surface area contributed by atoms with Crippen LogP contribution in [0.1, 0.15) is 125 Å². The number of hydrogen-bond acceptors (Lipinski definition) is 8. The van der Waals surface area contributed by atoms with E-state index in [0.29, 0.717) is 13.2 Å². The third kappa shape index (κ3) is 12.3. The molecule has 0 N–H and O–H groups in total. The molecule has 0 unspecified atom stereocenters. The zero-order valence-electron chi connectivity index (χ0n) is 34.6. The van der Waals surface area contributed by atoms with Gasteiger partial charge in [-0.05, 0) is 97.5 Å². The van der Waals surface area contributed by atoms with Crippen molar-refractivity contribution >= 4 is 23.8 Å². The molecule has 0 spiro atoms. The van der Waals surface area contributed by atoms with Crippen LogP contribution >= 0.6 is 0 Å². The Labute approximate surface area is 344 Å². The molecule has 308 valence electrons. The minimum Gasteiger partial charge on any atom is -0.494 e. The molecule has 0 aromatic heterocycles. The number of carbonyl (C=O) groups is 4. The first-order chi connectivity index (χ1) is 28.2. The van der Waals surface area contributed by atoms with Crippen LogP contribution < -0.4 is 9.47 Å². The average molecular weight is 790 g/mol. The predicted octanol–water partition coefficient (Wildman–Crippen LogP) is 11.0. The standard InChI is InChI=1S/C49H59NO8/c1-5-7-9-11-13-15-33-55-42-29-25-38(26-30-42)36-17-21-40(22-18-36)48(53)57-44-45(47(52)50(35(3)4)46(44)51)58-49(54)41-23-19-37(20-24-41)39-27-31-43(32-28-39)56-34-16-14-12-10-8-6-2/h17-32,35,44-45H,5-16,33-34H2,1-4H3/t44-,45-/m1/s1. The van der Waals surface area contributed by atoms with Crippen LogP contribution in [0, 0.1) is 0 Å². The van der Waals surface area contributed by atoms with Crippen LogP contribution in [0.3, 0.4) is 0 Å². The number of imide groups is 1. The fraction of sp³-hybridized carbons (Fsp3) is 0.429. The highest BCUT2D eigenvalue weighted by atomic mass is 16.6. The van der Waals surface area contributed by atoms with Gasteiger partial charge >= 0.3 is 11.9 Å². The summed E-state index contributed by atoms with van der Waals surface area (Å²) < 4.78 is 23.1. The van der Waals surface area contributed by atoms with Crippen LogP contribution in [0.4, 0.5) is 0 Å². The number of nitrogens with zero attached hydrogens (tertiary/aromatic N) is 1. The van der Waals surface area contributed by atoms with E-state index in [1.165, 1.54) is 64.2 Å². The molecule has 0 saturated carbocycles. The molecule has 1 aliphatic rings. The lowest BCUT2D eigenvalue weighted by molar-refractivity contribution is -0.143. The molecule has 9 nitrogen and oxygen atoms in total. The predicted molar refractivity (Wildman–Crippen MR) is 227 cm³/mol. The molecule has 2 amide bonds. The number of benzene rings is 4. The maximum absolute atomic E-state index is 13.4. The third-order valence-electron chi connectivity index (χ3n) is 10.4. The van der Waals surface area contributed by atoms with Crippen molar-refractivity contribution in [2.75, 3.05) is 13.2 Å². The maximum Gasteiger partial charge on any atom is 0.339 e. The summed E-state index contributed by atoms with van der Waals surface area (Å²) in [5.74, 6) is -1.49. The molecule has 9 heteroatoms. The molecular formula is C49H59NO8. The van der Waals surface area contributed by atoms with Crippen LogP contribution in [-0.2, 0) is 19.1 Å². The SMILES string of the molecule is CCCCCCCCOc1ccc(-c2ccc(C(=O)O[C@H]3C(=O)N(C(C)C)C(=O)[C@@H]3OC(=O)c3ccc(-c4ccc(OCCCCCCCC)cc4)cc3)cc2)cc1. The highest BCUT2D eigenvalue weighted by Crippen LogP contribution is 2.28. The van der Waals surface area contributed by atoms with Gasteiger partial charge in [0.05, 0.1) is 24.3 Å². The van der Waals surface area contributed by atoms with E-state index in [1.54, 1.807) is 62.4 Å². The molecule has 2 atom stereocenters. The second-order valence-electron chi connectivity index (χ2n) is 15.2. The molecule has 0 bridgehead atoms. The van der Waals surface area contributed by atoms with Crippen LogP contribution in [-0.4, -0.2) is 60.1 Å². The van der Waals surface area contributed by atoms with Crippen LogP contribution in [0.2, 0.25) is 0 Å². The minimum atomic E-state index is -1.63. The van der Waals surface area contributed by atoms with Crippen molar-refractivity contribution in [2.24, 2.45) is 0 Å². The molecule has 1 saturated heterocycles. The number of ether oxygens (including phenoxy) is 4. The van der Waals surface area contributed by atoms with Crippen molar-refractivity contribution in [3.05, 3.63) is 108 Å². The van der Waals surface area contributed by atoms with Gasteiger partial charge in [0, 0.05) is 6.04 Å². The summed E-state index contributed by atoms with van der Waals surface area (Å²) in [7, 11) is 0. The van der Waals surface area contributed by atoms with E-state index in [-0.39, 0.29) is 11.1 Å². The first-order valence-corrected chi connectivity index (χ1v) is 21.2. The topological polar surface area (TPSA) is 108 Å². The number of likely N-dealkylation sites (tertiary alicyclic amines) is 1. The van der Waals surface area contributed by atoms with Crippen LogP contribution in [0.15, 0.2) is 97.1 Å². The number of unbranched alkanes of at least 4 members (excludes halogenated alkanes) is 10. The van der Waals surface area contributed by atoms with Gasteiger partial charge in [0.2, 0.25) is 12.2 Å². The van der Waals surface area contributed by atoms with E-state index in [4.69, 9.17) is 18.9 Å². The summed E-state index contributed by atoms with van der Waals surface area (Å²) in [6, 6.07) is 28.6. The molecule has 0 radical (unpaired) electrons. The summed E-state index contributed by atoms with van der Waals surface area (Å²) in [5, 5.41) is 0. The van der Waals surface area contributed by atoms with E-state index in [0.717, 1.165) is 51.5 Å². The van der Waals surface area contributed by atoms with Crippen molar-refractivity contribution in [3.63, 3.8) is 0 Å². The van der Waals surface area contributed by atoms with E-state index in [9.17, 15) is 19.2 Å². The van der Waals surface area contributed by atoms with Gasteiger partial charge in [-0.15, -0.1) is 0 Å². The van der Waals surface area contributed by atoms with Gasteiger partial charge < -0.3 is 18.9 Å². The first kappa shape index (κ1) is 43.7. The molecule has 1 fully saturated rings. The molecule has 58 heavy (non-hydrogen) atoms. The monoisotopic (exact) mass is 789 g/mol. The van der Waals surface area contributed by atoms with Crippen molar-refractivity contribution in [3.8, 4) is 33.8 Å². The van der Waals surface area contributed by atoms with Crippen LogP contribution in [0.25, 0.3) is 22.3 Å². The van der Waals surface area contributed by atoms with Crippen molar-refractivity contribution < 1.29 is 38.1 Å². The highest BCUT2D eigenvalue weighted by Gasteiger charge is 2.53. The fourth-order valence-corrected chi connectivity index (χ4v) is 6.97. The lowest BCUT2D eigenvalue weighted by Crippen LogP contribution is -2.38. The van der Waals surface area contributed by atoms with Gasteiger partial charge in [0.1, 0.15) is 11.5 Å². The van der Waals surface area contributed by atoms with Gasteiger partial charge in [-0.3, -0.25) is 14.5 Å². The highest BCUT2D eigenvalue weighted by molar-refractivity contribution is 6.10. The summed E-state index contributed by atoms with van der Waals surface area (Å²) in [6.45, 7) is 9.13. The average Bonchev–Trinajstić information content (AvgIpc) is 3.47. The van der Waals surface area contributed by atoms with E-state index in [2.05, 4.69) is 13.8 Å². The second kappa shape index (κ2) is 22.5. The maximum atomic E-state index is 13.4. The Balaban J connectivity index is 1.15. The third-order valence-corrected chi connectivity index (χ3v) is 10.4. The lowest BCUT2D eigenvalue weighted by Gasteiger charge is -2.18.